The average molecular weight is 471 g/mol. The number of carbonyl (C=O) groups is 2. The maximum Gasteiger partial charge on any atom is 0.338 e. The Morgan fingerprint density at radius 3 is 2.28 bits per heavy atom. The van der Waals surface area contributed by atoms with E-state index in [1.807, 2.05) is 31.4 Å². The molecule has 3 rings (SSSR count). The van der Waals surface area contributed by atoms with Crippen LogP contribution in [0.15, 0.2) is 82.6 Å². The Morgan fingerprint density at radius 2 is 1.62 bits per heavy atom. The van der Waals surface area contributed by atoms with Crippen LogP contribution in [0.2, 0.25) is 0 Å². The minimum absolute atomic E-state index is 0.000967. The van der Waals surface area contributed by atoms with Gasteiger partial charge in [0.25, 0.3) is 15.9 Å². The number of hydrogen-bond donors (Lipinski definition) is 2. The first-order chi connectivity index (χ1) is 15.3. The molecular formula is C23H22N2O5S2. The maximum absolute atomic E-state index is 12.5. The number of anilines is 2. The summed E-state index contributed by atoms with van der Waals surface area (Å²) in [6.07, 6.45) is 1.93. The molecule has 32 heavy (non-hydrogen) atoms. The largest absolute Gasteiger partial charge is 0.452 e. The Labute approximate surface area is 191 Å². The molecule has 2 N–H and O–H groups in total. The van der Waals surface area contributed by atoms with Gasteiger partial charge >= 0.3 is 5.97 Å². The number of benzene rings is 3. The highest BCUT2D eigenvalue weighted by molar-refractivity contribution is 7.98. The highest BCUT2D eigenvalue weighted by atomic mass is 32.2. The molecule has 0 aliphatic carbocycles. The first kappa shape index (κ1) is 23.4. The summed E-state index contributed by atoms with van der Waals surface area (Å²) in [6, 6.07) is 19.5. The lowest BCUT2D eigenvalue weighted by Crippen LogP contribution is -2.21. The van der Waals surface area contributed by atoms with Gasteiger partial charge in [0.15, 0.2) is 6.61 Å². The van der Waals surface area contributed by atoms with Crippen molar-refractivity contribution in [2.75, 3.05) is 22.9 Å². The van der Waals surface area contributed by atoms with Gasteiger partial charge in [-0.15, -0.1) is 11.8 Å². The molecule has 0 aliphatic heterocycles. The number of ether oxygens (including phenoxy) is 1. The van der Waals surface area contributed by atoms with Gasteiger partial charge in [-0.3, -0.25) is 9.52 Å². The topological polar surface area (TPSA) is 102 Å². The zero-order valence-electron chi connectivity index (χ0n) is 17.5. The minimum Gasteiger partial charge on any atom is -0.452 e. The van der Waals surface area contributed by atoms with E-state index in [0.717, 1.165) is 10.5 Å². The van der Waals surface area contributed by atoms with E-state index in [9.17, 15) is 18.0 Å². The highest BCUT2D eigenvalue weighted by Gasteiger charge is 2.16. The molecule has 0 bridgehead atoms. The summed E-state index contributed by atoms with van der Waals surface area (Å²) in [5.74, 6) is -1.20. The standard InChI is InChI=1S/C23H22N2O5S2/c1-16-6-10-18(11-7-16)25-32(28,29)21-12-8-17(9-13-21)23(27)30-15-22(26)24-19-4-3-5-20(14-19)31-2/h3-14,25H,15H2,1-2H3,(H,24,26). The summed E-state index contributed by atoms with van der Waals surface area (Å²) < 4.78 is 32.6. The summed E-state index contributed by atoms with van der Waals surface area (Å²) in [6.45, 7) is 1.44. The molecule has 0 radical (unpaired) electrons. The lowest BCUT2D eigenvalue weighted by molar-refractivity contribution is -0.119. The minimum atomic E-state index is -3.80. The molecule has 0 saturated heterocycles. The monoisotopic (exact) mass is 470 g/mol. The van der Waals surface area contributed by atoms with Crippen molar-refractivity contribution in [2.24, 2.45) is 0 Å². The first-order valence-corrected chi connectivity index (χ1v) is 12.3. The fourth-order valence-corrected chi connectivity index (χ4v) is 4.24. The van der Waals surface area contributed by atoms with E-state index in [1.165, 1.54) is 24.3 Å². The van der Waals surface area contributed by atoms with Gasteiger partial charge in [0.1, 0.15) is 0 Å². The average Bonchev–Trinajstić information content (AvgIpc) is 2.79. The van der Waals surface area contributed by atoms with Crippen LogP contribution in [-0.2, 0) is 19.6 Å². The van der Waals surface area contributed by atoms with Crippen LogP contribution in [0.25, 0.3) is 0 Å². The normalized spacial score (nSPS) is 10.9. The number of sulfonamides is 1. The molecule has 0 heterocycles. The van der Waals surface area contributed by atoms with Crippen molar-refractivity contribution in [3.63, 3.8) is 0 Å². The predicted octanol–water partition coefficient (Wildman–Crippen LogP) is 4.31. The third kappa shape index (κ3) is 6.35. The van der Waals surface area contributed by atoms with E-state index < -0.39 is 28.5 Å². The summed E-state index contributed by atoms with van der Waals surface area (Å²) in [5.41, 5.74) is 2.19. The zero-order chi connectivity index (χ0) is 23.1. The third-order valence-electron chi connectivity index (χ3n) is 4.39. The van der Waals surface area contributed by atoms with Crippen molar-refractivity contribution in [1.29, 1.82) is 0 Å². The van der Waals surface area contributed by atoms with Crippen LogP contribution < -0.4 is 10.0 Å². The number of carbonyl (C=O) groups excluding carboxylic acids is 2. The van der Waals surface area contributed by atoms with Gasteiger partial charge in [-0.2, -0.15) is 0 Å². The fraction of sp³-hybridized carbons (Fsp3) is 0.130. The van der Waals surface area contributed by atoms with E-state index in [2.05, 4.69) is 10.0 Å². The summed E-state index contributed by atoms with van der Waals surface area (Å²) in [4.78, 5) is 25.3. The molecule has 3 aromatic rings. The van der Waals surface area contributed by atoms with E-state index in [0.29, 0.717) is 11.4 Å². The number of hydrogen-bond acceptors (Lipinski definition) is 6. The Morgan fingerprint density at radius 1 is 0.938 bits per heavy atom. The number of nitrogens with one attached hydrogen (secondary N) is 2. The van der Waals surface area contributed by atoms with Crippen molar-refractivity contribution in [1.82, 2.24) is 0 Å². The lowest BCUT2D eigenvalue weighted by Gasteiger charge is -2.10. The second-order valence-corrected chi connectivity index (χ2v) is 9.41. The van der Waals surface area contributed by atoms with Gasteiger partial charge in [-0.05, 0) is 67.8 Å². The molecule has 9 heteroatoms. The SMILES string of the molecule is CSc1cccc(NC(=O)COC(=O)c2ccc(S(=O)(=O)Nc3ccc(C)cc3)cc2)c1. The molecule has 0 unspecified atom stereocenters. The Balaban J connectivity index is 1.57. The molecule has 0 fully saturated rings. The Bertz CT molecular complexity index is 1210. The summed E-state index contributed by atoms with van der Waals surface area (Å²) >= 11 is 1.55. The van der Waals surface area contributed by atoms with Crippen molar-refractivity contribution in [2.45, 2.75) is 16.7 Å². The molecule has 0 spiro atoms. The molecule has 0 atom stereocenters. The van der Waals surface area contributed by atoms with Crippen LogP contribution in [0.3, 0.4) is 0 Å². The second kappa shape index (κ2) is 10.3. The van der Waals surface area contributed by atoms with Crippen LogP contribution in [0, 0.1) is 6.92 Å². The van der Waals surface area contributed by atoms with Crippen molar-refractivity contribution in [3.8, 4) is 0 Å². The predicted molar refractivity (Wildman–Crippen MR) is 126 cm³/mol. The van der Waals surface area contributed by atoms with Crippen LogP contribution in [0.1, 0.15) is 15.9 Å². The zero-order valence-corrected chi connectivity index (χ0v) is 19.1. The number of amides is 1. The van der Waals surface area contributed by atoms with E-state index in [-0.39, 0.29) is 10.5 Å². The quantitative estimate of drug-likeness (QED) is 0.376. The molecule has 1 amide bonds. The number of thioether (sulfide) groups is 1. The molecule has 166 valence electrons. The third-order valence-corrected chi connectivity index (χ3v) is 6.51. The van der Waals surface area contributed by atoms with E-state index in [1.54, 1.807) is 42.1 Å². The molecule has 0 saturated carbocycles. The first-order valence-electron chi connectivity index (χ1n) is 9.57. The molecule has 0 aromatic heterocycles. The van der Waals surface area contributed by atoms with Gasteiger partial charge in [-0.1, -0.05) is 23.8 Å². The summed E-state index contributed by atoms with van der Waals surface area (Å²) in [5, 5.41) is 2.66. The smallest absolute Gasteiger partial charge is 0.338 e. The summed E-state index contributed by atoms with van der Waals surface area (Å²) in [7, 11) is -3.80. The number of aryl methyl sites for hydroxylation is 1. The van der Waals surface area contributed by atoms with Gasteiger partial charge in [0.2, 0.25) is 0 Å². The van der Waals surface area contributed by atoms with Crippen molar-refractivity contribution in [3.05, 3.63) is 83.9 Å². The van der Waals surface area contributed by atoms with Crippen LogP contribution in [0.5, 0.6) is 0 Å². The molecule has 3 aromatic carbocycles. The number of esters is 1. The van der Waals surface area contributed by atoms with Gasteiger partial charge in [0.05, 0.1) is 10.5 Å². The van der Waals surface area contributed by atoms with Crippen LogP contribution in [0.4, 0.5) is 11.4 Å². The Kier molecular flexibility index (Phi) is 7.55. The highest BCUT2D eigenvalue weighted by Crippen LogP contribution is 2.19. The maximum atomic E-state index is 12.5. The molecule has 0 aliphatic rings. The van der Waals surface area contributed by atoms with Crippen molar-refractivity contribution < 1.29 is 22.7 Å². The Hall–Kier alpha value is -3.30. The van der Waals surface area contributed by atoms with Gasteiger partial charge in [-0.25, -0.2) is 13.2 Å². The van der Waals surface area contributed by atoms with E-state index >= 15 is 0 Å². The van der Waals surface area contributed by atoms with Crippen molar-refractivity contribution >= 4 is 45.0 Å². The second-order valence-electron chi connectivity index (χ2n) is 6.85. The van der Waals surface area contributed by atoms with Crippen LogP contribution in [-0.4, -0.2) is 33.2 Å². The number of rotatable bonds is 8. The molecular weight excluding hydrogens is 448 g/mol. The van der Waals surface area contributed by atoms with E-state index in [4.69, 9.17) is 4.74 Å². The van der Waals surface area contributed by atoms with Crippen LogP contribution >= 0.6 is 11.8 Å². The van der Waals surface area contributed by atoms with Gasteiger partial charge < -0.3 is 10.1 Å². The molecule has 7 nitrogen and oxygen atoms in total. The lowest BCUT2D eigenvalue weighted by atomic mass is 10.2. The van der Waals surface area contributed by atoms with Gasteiger partial charge in [0, 0.05) is 16.3 Å². The fourth-order valence-electron chi connectivity index (χ4n) is 2.72.